The molecule has 1 aliphatic rings. The Labute approximate surface area is 135 Å². The number of amides is 4. The highest BCUT2D eigenvalue weighted by Crippen LogP contribution is 2.23. The first-order valence-electron chi connectivity index (χ1n) is 6.60. The molecular weight excluding hydrogens is 358 g/mol. The van der Waals surface area contributed by atoms with E-state index in [1.54, 1.807) is 16.2 Å². The largest absolute Gasteiger partial charge is 0.336 e. The molecule has 0 aromatic carbocycles. The Kier molecular flexibility index (Phi) is 5.35. The fourth-order valence-corrected chi connectivity index (χ4v) is 3.51. The number of nitrogens with one attached hydrogen (secondary N) is 1. The summed E-state index contributed by atoms with van der Waals surface area (Å²) in [6.45, 7) is 3.29. The van der Waals surface area contributed by atoms with E-state index in [0.717, 1.165) is 8.66 Å². The SMILES string of the molecule is CCN(Cc1ccc(Br)s1)C(=O)CN1CCC(=O)NC1=O. The van der Waals surface area contributed by atoms with E-state index >= 15 is 0 Å². The maximum Gasteiger partial charge on any atom is 0.324 e. The Morgan fingerprint density at radius 1 is 1.48 bits per heavy atom. The molecule has 0 aliphatic carbocycles. The van der Waals surface area contributed by atoms with Crippen molar-refractivity contribution in [1.82, 2.24) is 15.1 Å². The van der Waals surface area contributed by atoms with Gasteiger partial charge in [0.05, 0.1) is 10.3 Å². The van der Waals surface area contributed by atoms with Crippen LogP contribution in [0.5, 0.6) is 0 Å². The number of hydrogen-bond acceptors (Lipinski definition) is 4. The van der Waals surface area contributed by atoms with Crippen molar-refractivity contribution in [1.29, 1.82) is 0 Å². The van der Waals surface area contributed by atoms with Crippen LogP contribution in [0.1, 0.15) is 18.2 Å². The van der Waals surface area contributed by atoms with Gasteiger partial charge in [0.1, 0.15) is 6.54 Å². The van der Waals surface area contributed by atoms with E-state index in [2.05, 4.69) is 21.2 Å². The molecule has 0 unspecified atom stereocenters. The molecule has 0 spiro atoms. The molecule has 1 N–H and O–H groups in total. The predicted molar refractivity (Wildman–Crippen MR) is 82.8 cm³/mol. The molecule has 2 heterocycles. The predicted octanol–water partition coefficient (Wildman–Crippen LogP) is 1.80. The Hall–Kier alpha value is -1.41. The highest BCUT2D eigenvalue weighted by Gasteiger charge is 2.26. The molecule has 1 aromatic rings. The third kappa shape index (κ3) is 4.28. The number of carbonyl (C=O) groups is 3. The second kappa shape index (κ2) is 7.04. The van der Waals surface area contributed by atoms with Crippen molar-refractivity contribution in [2.24, 2.45) is 0 Å². The fraction of sp³-hybridized carbons (Fsp3) is 0.462. The minimum Gasteiger partial charge on any atom is -0.336 e. The van der Waals surface area contributed by atoms with Crippen LogP contribution >= 0.6 is 27.3 Å². The van der Waals surface area contributed by atoms with Gasteiger partial charge in [-0.15, -0.1) is 11.3 Å². The number of likely N-dealkylation sites (N-methyl/N-ethyl adjacent to an activating group) is 1. The monoisotopic (exact) mass is 373 g/mol. The molecule has 1 aromatic heterocycles. The van der Waals surface area contributed by atoms with Crippen LogP contribution in [0.4, 0.5) is 4.79 Å². The molecule has 114 valence electrons. The summed E-state index contributed by atoms with van der Waals surface area (Å²) in [5.74, 6) is -0.411. The Balaban J connectivity index is 1.93. The lowest BCUT2D eigenvalue weighted by Crippen LogP contribution is -2.52. The molecule has 0 atom stereocenters. The van der Waals surface area contributed by atoms with Gasteiger partial charge in [0.25, 0.3) is 0 Å². The van der Waals surface area contributed by atoms with Crippen LogP contribution in [0, 0.1) is 0 Å². The van der Waals surface area contributed by atoms with Crippen LogP contribution in [-0.2, 0) is 16.1 Å². The van der Waals surface area contributed by atoms with E-state index in [1.807, 2.05) is 19.1 Å². The minimum atomic E-state index is -0.491. The summed E-state index contributed by atoms with van der Waals surface area (Å²) in [7, 11) is 0. The zero-order chi connectivity index (χ0) is 15.4. The quantitative estimate of drug-likeness (QED) is 0.855. The number of thiophene rings is 1. The Morgan fingerprint density at radius 2 is 2.24 bits per heavy atom. The first-order valence-corrected chi connectivity index (χ1v) is 8.21. The topological polar surface area (TPSA) is 69.7 Å². The molecule has 4 amide bonds. The van der Waals surface area contributed by atoms with Crippen LogP contribution in [-0.4, -0.2) is 47.3 Å². The van der Waals surface area contributed by atoms with Crippen LogP contribution in [0.15, 0.2) is 15.9 Å². The molecule has 6 nitrogen and oxygen atoms in total. The summed E-state index contributed by atoms with van der Waals surface area (Å²) in [4.78, 5) is 39.2. The van der Waals surface area contributed by atoms with Gasteiger partial charge in [-0.3, -0.25) is 14.9 Å². The molecule has 1 aliphatic heterocycles. The first-order chi connectivity index (χ1) is 9.99. The molecule has 1 fully saturated rings. The number of rotatable bonds is 5. The van der Waals surface area contributed by atoms with Gasteiger partial charge in [0, 0.05) is 24.4 Å². The summed E-state index contributed by atoms with van der Waals surface area (Å²) in [5.41, 5.74) is 0. The number of carbonyl (C=O) groups excluding carboxylic acids is 3. The summed E-state index contributed by atoms with van der Waals surface area (Å²) in [6.07, 6.45) is 0.239. The van der Waals surface area contributed by atoms with Crippen molar-refractivity contribution in [3.8, 4) is 0 Å². The molecule has 1 saturated heterocycles. The normalized spacial score (nSPS) is 15.0. The number of hydrogen-bond donors (Lipinski definition) is 1. The maximum absolute atomic E-state index is 12.3. The second-order valence-electron chi connectivity index (χ2n) is 4.64. The van der Waals surface area contributed by atoms with Crippen molar-refractivity contribution in [3.63, 3.8) is 0 Å². The van der Waals surface area contributed by atoms with Crippen molar-refractivity contribution < 1.29 is 14.4 Å². The Morgan fingerprint density at radius 3 is 2.81 bits per heavy atom. The lowest BCUT2D eigenvalue weighted by molar-refractivity contribution is -0.133. The average Bonchev–Trinajstić information content (AvgIpc) is 2.84. The maximum atomic E-state index is 12.3. The second-order valence-corrected chi connectivity index (χ2v) is 7.19. The van der Waals surface area contributed by atoms with Gasteiger partial charge in [0.2, 0.25) is 11.8 Å². The van der Waals surface area contributed by atoms with E-state index < -0.39 is 6.03 Å². The standard InChI is InChI=1S/C13H16BrN3O3S/c1-2-16(7-9-3-4-10(14)21-9)12(19)8-17-6-5-11(18)15-13(17)20/h3-4H,2,5-8H2,1H3,(H,15,18,20). The highest BCUT2D eigenvalue weighted by atomic mass is 79.9. The van der Waals surface area contributed by atoms with Crippen LogP contribution in [0.2, 0.25) is 0 Å². The molecular formula is C13H16BrN3O3S. The van der Waals surface area contributed by atoms with Gasteiger partial charge in [-0.05, 0) is 35.0 Å². The number of nitrogens with zero attached hydrogens (tertiary/aromatic N) is 2. The fourth-order valence-electron chi connectivity index (χ4n) is 2.01. The molecule has 0 bridgehead atoms. The molecule has 0 radical (unpaired) electrons. The van der Waals surface area contributed by atoms with Crippen LogP contribution in [0.3, 0.4) is 0 Å². The molecule has 0 saturated carbocycles. The number of urea groups is 1. The Bertz CT molecular complexity index is 561. The summed E-state index contributed by atoms with van der Waals surface area (Å²) in [5, 5.41) is 2.22. The third-order valence-electron chi connectivity index (χ3n) is 3.18. The summed E-state index contributed by atoms with van der Waals surface area (Å²) < 4.78 is 1.02. The van der Waals surface area contributed by atoms with E-state index in [1.165, 1.54) is 4.90 Å². The van der Waals surface area contributed by atoms with E-state index in [4.69, 9.17) is 0 Å². The third-order valence-corrected chi connectivity index (χ3v) is 4.79. The van der Waals surface area contributed by atoms with E-state index in [-0.39, 0.29) is 24.8 Å². The molecule has 21 heavy (non-hydrogen) atoms. The van der Waals surface area contributed by atoms with E-state index in [9.17, 15) is 14.4 Å². The van der Waals surface area contributed by atoms with Gasteiger partial charge in [0.15, 0.2) is 0 Å². The first kappa shape index (κ1) is 16.0. The lowest BCUT2D eigenvalue weighted by atomic mass is 10.3. The van der Waals surface area contributed by atoms with Crippen LogP contribution in [0.25, 0.3) is 0 Å². The smallest absolute Gasteiger partial charge is 0.324 e. The van der Waals surface area contributed by atoms with Crippen LogP contribution < -0.4 is 5.32 Å². The van der Waals surface area contributed by atoms with Gasteiger partial charge in [-0.2, -0.15) is 0 Å². The highest BCUT2D eigenvalue weighted by molar-refractivity contribution is 9.11. The van der Waals surface area contributed by atoms with Gasteiger partial charge < -0.3 is 9.80 Å². The van der Waals surface area contributed by atoms with Gasteiger partial charge in [-0.1, -0.05) is 0 Å². The van der Waals surface area contributed by atoms with Gasteiger partial charge in [-0.25, -0.2) is 4.79 Å². The van der Waals surface area contributed by atoms with E-state index in [0.29, 0.717) is 19.6 Å². The minimum absolute atomic E-state index is 0.000498. The average molecular weight is 374 g/mol. The number of imide groups is 1. The summed E-state index contributed by atoms with van der Waals surface area (Å²) >= 11 is 4.98. The molecule has 2 rings (SSSR count). The zero-order valence-corrected chi connectivity index (χ0v) is 14.0. The van der Waals surface area contributed by atoms with Crippen molar-refractivity contribution >= 4 is 45.1 Å². The van der Waals surface area contributed by atoms with Crippen molar-refractivity contribution in [2.45, 2.75) is 19.9 Å². The molecule has 8 heteroatoms. The lowest BCUT2D eigenvalue weighted by Gasteiger charge is -2.28. The van der Waals surface area contributed by atoms with Crippen molar-refractivity contribution in [3.05, 3.63) is 20.8 Å². The zero-order valence-electron chi connectivity index (χ0n) is 11.6. The summed E-state index contributed by atoms with van der Waals surface area (Å²) in [6, 6.07) is 3.42. The van der Waals surface area contributed by atoms with Gasteiger partial charge >= 0.3 is 6.03 Å². The van der Waals surface area contributed by atoms with Crippen molar-refractivity contribution in [2.75, 3.05) is 19.6 Å². The number of halogens is 1.